The maximum atomic E-state index is 10.6. The van der Waals surface area contributed by atoms with E-state index in [1.165, 1.54) is 0 Å². The molecule has 0 atom stereocenters. The van der Waals surface area contributed by atoms with Gasteiger partial charge >= 0.3 is 0 Å². The van der Waals surface area contributed by atoms with E-state index in [1.807, 2.05) is 53.1 Å². The Balaban J connectivity index is 0.00000267. The topological polar surface area (TPSA) is 89.2 Å². The zero-order valence-corrected chi connectivity index (χ0v) is 21.7. The minimum Gasteiger partial charge on any atom is -0.657 e. The van der Waals surface area contributed by atoms with Crippen LogP contribution in [0.5, 0.6) is 11.5 Å². The largest absolute Gasteiger partial charge is 0.657 e. The van der Waals surface area contributed by atoms with E-state index in [4.69, 9.17) is 4.98 Å². The van der Waals surface area contributed by atoms with Gasteiger partial charge < -0.3 is 24.3 Å². The van der Waals surface area contributed by atoms with Crippen LogP contribution in [-0.4, -0.2) is 24.7 Å². The summed E-state index contributed by atoms with van der Waals surface area (Å²) in [4.78, 5) is 14.2. The Morgan fingerprint density at radius 2 is 1.47 bits per heavy atom. The molecule has 36 heavy (non-hydrogen) atoms. The summed E-state index contributed by atoms with van der Waals surface area (Å²) < 4.78 is 3.62. The van der Waals surface area contributed by atoms with E-state index < -0.39 is 5.54 Å². The molecule has 0 bridgehead atoms. The van der Waals surface area contributed by atoms with Gasteiger partial charge in [0.15, 0.2) is 12.0 Å². The van der Waals surface area contributed by atoms with Gasteiger partial charge in [0.05, 0.1) is 17.4 Å². The van der Waals surface area contributed by atoms with Crippen LogP contribution < -0.4 is 9.55 Å². The molecule has 0 saturated carbocycles. The quantitative estimate of drug-likeness (QED) is 0.166. The second kappa shape index (κ2) is 8.95. The number of hydrogen-bond donors (Lipinski definition) is 2. The number of aromatic hydroxyl groups is 2. The van der Waals surface area contributed by atoms with E-state index in [0.29, 0.717) is 22.5 Å². The van der Waals surface area contributed by atoms with Crippen molar-refractivity contribution in [2.24, 2.45) is 0 Å². The average Bonchev–Trinajstić information content (AvgIpc) is 3.45. The number of nitrogens with zero attached hydrogens (tertiary/aromatic N) is 5. The zero-order chi connectivity index (χ0) is 24.2. The number of rotatable bonds is 4. The van der Waals surface area contributed by atoms with Crippen LogP contribution in [-0.2, 0) is 27.9 Å². The molecule has 7 nitrogen and oxygen atoms in total. The van der Waals surface area contributed by atoms with Gasteiger partial charge in [-0.25, -0.2) is 0 Å². The van der Waals surface area contributed by atoms with Crippen molar-refractivity contribution in [3.8, 4) is 28.4 Å². The summed E-state index contributed by atoms with van der Waals surface area (Å²) in [5.41, 5.74) is 3.24. The second-order valence-corrected chi connectivity index (χ2v) is 8.89. The minimum atomic E-state index is -0.702. The molecule has 2 N–H and O–H groups in total. The van der Waals surface area contributed by atoms with E-state index in [-0.39, 0.29) is 33.9 Å². The van der Waals surface area contributed by atoms with Crippen LogP contribution in [0.15, 0.2) is 85.2 Å². The van der Waals surface area contributed by atoms with Crippen molar-refractivity contribution in [3.63, 3.8) is 0 Å². The Bertz CT molecular complexity index is 1590. The molecule has 0 saturated heterocycles. The first-order valence-electron chi connectivity index (χ1n) is 11.3. The summed E-state index contributed by atoms with van der Waals surface area (Å²) in [6.07, 6.45) is 6.63. The first-order valence-corrected chi connectivity index (χ1v) is 11.3. The van der Waals surface area contributed by atoms with Crippen LogP contribution in [0.2, 0.25) is 0 Å². The van der Waals surface area contributed by atoms with Crippen molar-refractivity contribution in [3.05, 3.63) is 97.2 Å². The van der Waals surface area contributed by atoms with E-state index in [1.54, 1.807) is 41.2 Å². The van der Waals surface area contributed by atoms with Gasteiger partial charge in [0.2, 0.25) is 5.65 Å². The predicted octanol–water partition coefficient (Wildman–Crippen LogP) is 4.48. The fraction of sp³-hybridized carbons (Fsp3) is 0.107. The third kappa shape index (κ3) is 3.60. The maximum Gasteiger partial charge on any atom is 0.202 e. The second-order valence-electron chi connectivity index (χ2n) is 8.89. The summed E-state index contributed by atoms with van der Waals surface area (Å²) in [6, 6.07) is 22.3. The van der Waals surface area contributed by atoms with E-state index >= 15 is 0 Å². The monoisotopic (exact) mass is 657 g/mol. The molecule has 3 aromatic carbocycles. The van der Waals surface area contributed by atoms with Crippen molar-refractivity contribution in [1.82, 2.24) is 19.5 Å². The predicted molar refractivity (Wildman–Crippen MR) is 132 cm³/mol. The number of aromatic nitrogens is 5. The van der Waals surface area contributed by atoms with E-state index in [2.05, 4.69) is 30.1 Å². The third-order valence-electron chi connectivity index (χ3n) is 6.37. The van der Waals surface area contributed by atoms with E-state index in [0.717, 1.165) is 22.2 Å². The molecule has 6 rings (SSSR count). The summed E-state index contributed by atoms with van der Waals surface area (Å²) in [6.45, 7) is 4.10. The summed E-state index contributed by atoms with van der Waals surface area (Å²) in [7, 11) is 0. The van der Waals surface area contributed by atoms with Crippen molar-refractivity contribution >= 4 is 22.1 Å². The molecule has 8 heteroatoms. The fourth-order valence-corrected chi connectivity index (χ4v) is 4.62. The first-order chi connectivity index (χ1) is 17.0. The smallest absolute Gasteiger partial charge is 0.202 e. The van der Waals surface area contributed by atoms with Crippen LogP contribution in [0.25, 0.3) is 39.0 Å². The summed E-state index contributed by atoms with van der Waals surface area (Å²) in [5.74, 6) is 0.302. The Hall–Kier alpha value is -3.91. The third-order valence-corrected chi connectivity index (χ3v) is 6.37. The maximum absolute atomic E-state index is 10.6. The minimum absolute atomic E-state index is 0. The standard InChI is InChI=1S/C28H22N5O2.Au/c1-28(2,25-19-10-4-3-9-18(19)24(31-25)20-11-5-7-13-22(20)34)33-17-32(21-12-6-8-14-23(21)35)26-27(33)30-16-15-29-26;/h3-16H,1-2H3,(H2-,29,30,31,34,35);/q-1;. The SMILES string of the molecule is CC(C)(c1[n-]c(-c2ccccc2O)c2ccccc12)n1[c-][n+](-c2ccccc2O)c2nccnc21.[Au]. The molecule has 1 radical (unpaired) electrons. The molecule has 0 aliphatic rings. The van der Waals surface area contributed by atoms with Gasteiger partial charge in [-0.3, -0.25) is 4.98 Å². The van der Waals surface area contributed by atoms with Crippen LogP contribution in [0.3, 0.4) is 0 Å². The molecule has 3 aromatic heterocycles. The number of fused-ring (bicyclic) bond motifs is 2. The Morgan fingerprint density at radius 1 is 0.833 bits per heavy atom. The van der Waals surface area contributed by atoms with Crippen molar-refractivity contribution in [2.75, 3.05) is 0 Å². The molecule has 6 aromatic rings. The number of para-hydroxylation sites is 3. The van der Waals surface area contributed by atoms with Gasteiger partial charge in [0.25, 0.3) is 0 Å². The van der Waals surface area contributed by atoms with Crippen molar-refractivity contribution in [1.29, 1.82) is 0 Å². The van der Waals surface area contributed by atoms with Crippen molar-refractivity contribution < 1.29 is 37.2 Å². The van der Waals surface area contributed by atoms with Crippen LogP contribution in [0, 0.1) is 6.33 Å². The molecular weight excluding hydrogens is 635 g/mol. The Labute approximate surface area is 223 Å². The van der Waals surface area contributed by atoms with Crippen LogP contribution in [0.1, 0.15) is 19.5 Å². The molecule has 0 spiro atoms. The Kier molecular flexibility index (Phi) is 5.92. The van der Waals surface area contributed by atoms with Gasteiger partial charge in [-0.05, 0) is 36.8 Å². The molecule has 0 aliphatic carbocycles. The van der Waals surface area contributed by atoms with Gasteiger partial charge in [0.1, 0.15) is 17.7 Å². The molecule has 0 amide bonds. The van der Waals surface area contributed by atoms with Gasteiger partial charge in [-0.15, -0.1) is 11.4 Å². The summed E-state index contributed by atoms with van der Waals surface area (Å²) in [5, 5.41) is 23.0. The zero-order valence-electron chi connectivity index (χ0n) is 19.5. The number of imidazole rings is 1. The van der Waals surface area contributed by atoms with E-state index in [9.17, 15) is 10.2 Å². The molecule has 0 unspecified atom stereocenters. The van der Waals surface area contributed by atoms with Crippen LogP contribution in [0.4, 0.5) is 0 Å². The summed E-state index contributed by atoms with van der Waals surface area (Å²) >= 11 is 0. The Morgan fingerprint density at radius 3 is 2.22 bits per heavy atom. The van der Waals surface area contributed by atoms with Gasteiger partial charge in [0, 0.05) is 27.9 Å². The fourth-order valence-electron chi connectivity index (χ4n) is 4.62. The molecule has 183 valence electrons. The first kappa shape index (κ1) is 23.8. The molecular formula is C28H22AuN5O2-. The molecule has 0 aliphatic heterocycles. The molecule has 0 fully saturated rings. The number of phenolic OH excluding ortho intramolecular Hbond substituents is 2. The van der Waals surface area contributed by atoms with Crippen molar-refractivity contribution in [2.45, 2.75) is 19.4 Å². The van der Waals surface area contributed by atoms with Crippen LogP contribution >= 0.6 is 0 Å². The number of phenols is 2. The molecule has 3 heterocycles. The number of benzene rings is 3. The number of hydrogen-bond acceptors (Lipinski definition) is 4. The normalized spacial score (nSPS) is 11.6. The van der Waals surface area contributed by atoms with Gasteiger partial charge in [-0.1, -0.05) is 60.7 Å². The average molecular weight is 657 g/mol. The van der Waals surface area contributed by atoms with Gasteiger partial charge in [-0.2, -0.15) is 4.98 Å².